The predicted octanol–water partition coefficient (Wildman–Crippen LogP) is 5.63. The van der Waals surface area contributed by atoms with Gasteiger partial charge < -0.3 is 28.8 Å². The fraction of sp³-hybridized carbons (Fsp3) is 0.704. The van der Waals surface area contributed by atoms with Crippen LogP contribution in [0.3, 0.4) is 0 Å². The molecular formula is C27H40ClN4O9P. The molecule has 13 nitrogen and oxygen atoms in total. The van der Waals surface area contributed by atoms with E-state index in [4.69, 9.17) is 39.6 Å². The Morgan fingerprint density at radius 2 is 1.69 bits per heavy atom. The van der Waals surface area contributed by atoms with E-state index in [2.05, 4.69) is 15.3 Å². The molecule has 2 fully saturated rings. The van der Waals surface area contributed by atoms with Gasteiger partial charge in [0, 0.05) is 12.2 Å². The summed E-state index contributed by atoms with van der Waals surface area (Å²) in [5.41, 5.74) is 0.681. The summed E-state index contributed by atoms with van der Waals surface area (Å²) < 4.78 is 47.5. The number of rotatable bonds is 15. The summed E-state index contributed by atoms with van der Waals surface area (Å²) >= 11 is 6.28. The number of nitrogens with one attached hydrogen (secondary N) is 1. The smallest absolute Gasteiger partial charge is 0.361 e. The molecule has 42 heavy (non-hydrogen) atoms. The molecule has 0 bridgehead atoms. The van der Waals surface area contributed by atoms with Gasteiger partial charge in [-0.05, 0) is 43.4 Å². The van der Waals surface area contributed by atoms with Gasteiger partial charge in [0.1, 0.15) is 24.0 Å². The molecule has 1 saturated heterocycles. The lowest BCUT2D eigenvalue weighted by Crippen LogP contribution is -2.19. The van der Waals surface area contributed by atoms with Crippen LogP contribution in [-0.4, -0.2) is 65.2 Å². The number of halogens is 1. The molecule has 4 rings (SSSR count). The van der Waals surface area contributed by atoms with Crippen molar-refractivity contribution in [1.82, 2.24) is 14.5 Å². The summed E-state index contributed by atoms with van der Waals surface area (Å²) in [4.78, 5) is 32.4. The normalized spacial score (nSPS) is 19.7. The number of aromatic nitrogens is 3. The molecule has 3 heterocycles. The van der Waals surface area contributed by atoms with Gasteiger partial charge in [0.2, 0.25) is 18.9 Å². The van der Waals surface area contributed by atoms with Crippen LogP contribution in [0.1, 0.15) is 72.4 Å². The Bertz CT molecular complexity index is 1240. The molecule has 2 atom stereocenters. The van der Waals surface area contributed by atoms with Crippen molar-refractivity contribution in [3.8, 4) is 0 Å². The van der Waals surface area contributed by atoms with Crippen LogP contribution in [0, 0.1) is 11.8 Å². The summed E-state index contributed by atoms with van der Waals surface area (Å²) in [6.07, 6.45) is 6.84. The average molecular weight is 631 g/mol. The molecule has 0 spiro atoms. The van der Waals surface area contributed by atoms with Crippen molar-refractivity contribution in [2.45, 2.75) is 84.6 Å². The Labute approximate surface area is 250 Å². The summed E-state index contributed by atoms with van der Waals surface area (Å²) in [7, 11) is -3.94. The minimum absolute atomic E-state index is 0.105. The summed E-state index contributed by atoms with van der Waals surface area (Å²) in [5.74, 6) is -1.10. The summed E-state index contributed by atoms with van der Waals surface area (Å²) in [6, 6.07) is 2.33. The molecule has 2 aliphatic rings. The lowest BCUT2D eigenvalue weighted by atomic mass is 10.2. The van der Waals surface area contributed by atoms with Crippen LogP contribution in [-0.2, 0) is 42.1 Å². The van der Waals surface area contributed by atoms with E-state index in [1.165, 1.54) is 12.8 Å². The zero-order valence-corrected chi connectivity index (χ0v) is 26.1. The number of hydrogen-bond acceptors (Lipinski definition) is 12. The first-order valence-electron chi connectivity index (χ1n) is 14.3. The second kappa shape index (κ2) is 14.9. The zero-order valence-electron chi connectivity index (χ0n) is 24.5. The van der Waals surface area contributed by atoms with E-state index in [1.807, 2.05) is 16.8 Å². The molecule has 1 aliphatic carbocycles. The maximum Gasteiger partial charge on any atom is 0.361 e. The third-order valence-electron chi connectivity index (χ3n) is 7.03. The molecule has 2 aromatic heterocycles. The van der Waals surface area contributed by atoms with Gasteiger partial charge in [-0.3, -0.25) is 23.2 Å². The van der Waals surface area contributed by atoms with Gasteiger partial charge in [0.25, 0.3) is 0 Å². The van der Waals surface area contributed by atoms with Crippen molar-refractivity contribution in [1.29, 1.82) is 0 Å². The lowest BCUT2D eigenvalue weighted by molar-refractivity contribution is -0.156. The molecule has 1 saturated carbocycles. The monoisotopic (exact) mass is 630 g/mol. The largest absolute Gasteiger partial charge is 0.438 e. The van der Waals surface area contributed by atoms with Gasteiger partial charge in [0.15, 0.2) is 0 Å². The Kier molecular flexibility index (Phi) is 11.6. The van der Waals surface area contributed by atoms with Crippen LogP contribution in [0.5, 0.6) is 0 Å². The number of hydrogen-bond donors (Lipinski definition) is 1. The van der Waals surface area contributed by atoms with Gasteiger partial charge in [-0.25, -0.2) is 4.98 Å². The fourth-order valence-electron chi connectivity index (χ4n) is 4.70. The van der Waals surface area contributed by atoms with E-state index >= 15 is 0 Å². The highest BCUT2D eigenvalue weighted by Gasteiger charge is 2.32. The molecule has 1 aliphatic heterocycles. The fourth-order valence-corrected chi connectivity index (χ4v) is 5.84. The Morgan fingerprint density at radius 1 is 1.05 bits per heavy atom. The molecule has 2 aromatic rings. The van der Waals surface area contributed by atoms with Gasteiger partial charge in [-0.1, -0.05) is 40.5 Å². The van der Waals surface area contributed by atoms with Gasteiger partial charge in [-0.2, -0.15) is 4.98 Å². The third kappa shape index (κ3) is 8.87. The molecule has 234 valence electrons. The van der Waals surface area contributed by atoms with Crippen molar-refractivity contribution < 1.29 is 42.1 Å². The van der Waals surface area contributed by atoms with E-state index in [1.54, 1.807) is 27.7 Å². The van der Waals surface area contributed by atoms with Gasteiger partial charge in [-0.15, -0.1) is 0 Å². The highest BCUT2D eigenvalue weighted by Crippen LogP contribution is 2.48. The minimum atomic E-state index is -3.94. The first-order chi connectivity index (χ1) is 20.0. The van der Waals surface area contributed by atoms with Gasteiger partial charge in [0.05, 0.1) is 29.9 Å². The minimum Gasteiger partial charge on any atom is -0.438 e. The van der Waals surface area contributed by atoms with Crippen molar-refractivity contribution in [3.63, 3.8) is 0 Å². The predicted molar refractivity (Wildman–Crippen MR) is 154 cm³/mol. The van der Waals surface area contributed by atoms with E-state index in [-0.39, 0.29) is 36.1 Å². The summed E-state index contributed by atoms with van der Waals surface area (Å²) in [5, 5.41) is 4.55. The topological polar surface area (TPSA) is 149 Å². The summed E-state index contributed by atoms with van der Waals surface area (Å²) in [6.45, 7) is 5.55. The Morgan fingerprint density at radius 3 is 2.31 bits per heavy atom. The maximum absolute atomic E-state index is 13.2. The van der Waals surface area contributed by atoms with Crippen LogP contribution < -0.4 is 5.32 Å². The van der Waals surface area contributed by atoms with E-state index in [9.17, 15) is 14.2 Å². The number of nitrogens with zero attached hydrogens (tertiary/aromatic N) is 3. The van der Waals surface area contributed by atoms with E-state index in [0.717, 1.165) is 24.0 Å². The number of carbonyl (C=O) groups is 2. The van der Waals surface area contributed by atoms with Crippen molar-refractivity contribution in [2.24, 2.45) is 11.8 Å². The van der Waals surface area contributed by atoms with Gasteiger partial charge >= 0.3 is 19.5 Å². The standard InChI is InChI=1S/C27H40ClN4O9P/c1-17(2)25(33)37-14-39-42(35,40-15-38-26(34)18(3)4)16-36-13-20-9-10-22(41-20)32-12-11-21-23(29-19-7-5-6-8-19)30-27(28)31-24(21)32/h11-12,17-20,22H,5-10,13-16H2,1-4H3,(H,29,30,31)/t20-,22+/m0/s1. The number of esters is 2. The van der Waals surface area contributed by atoms with E-state index in [0.29, 0.717) is 24.5 Å². The van der Waals surface area contributed by atoms with Crippen molar-refractivity contribution in [2.75, 3.05) is 31.9 Å². The average Bonchev–Trinajstić information content (AvgIpc) is 3.70. The van der Waals surface area contributed by atoms with Crippen LogP contribution in [0.4, 0.5) is 5.82 Å². The third-order valence-corrected chi connectivity index (χ3v) is 8.70. The second-order valence-electron chi connectivity index (χ2n) is 11.1. The lowest BCUT2D eigenvalue weighted by Gasteiger charge is -2.20. The Hall–Kier alpha value is -2.28. The molecule has 15 heteroatoms. The van der Waals surface area contributed by atoms with Crippen LogP contribution >= 0.6 is 19.2 Å². The molecular weight excluding hydrogens is 591 g/mol. The zero-order chi connectivity index (χ0) is 30.3. The SMILES string of the molecule is CC(C)C(=O)OCOP(=O)(COC[C@@H]1CC[C@H](n2ccc3c(NC4CCCC4)nc(Cl)nc32)O1)OCOC(=O)C(C)C. The molecule has 0 aromatic carbocycles. The maximum atomic E-state index is 13.2. The second-order valence-corrected chi connectivity index (χ2v) is 13.4. The quantitative estimate of drug-likeness (QED) is 0.112. The highest BCUT2D eigenvalue weighted by molar-refractivity contribution is 7.53. The first-order valence-corrected chi connectivity index (χ1v) is 16.4. The highest BCUT2D eigenvalue weighted by atomic mass is 35.5. The van der Waals surface area contributed by atoms with Crippen LogP contribution in [0.25, 0.3) is 11.0 Å². The van der Waals surface area contributed by atoms with Crippen molar-refractivity contribution in [3.05, 3.63) is 17.5 Å². The number of ether oxygens (including phenoxy) is 4. The number of fused-ring (bicyclic) bond motifs is 1. The van der Waals surface area contributed by atoms with Crippen molar-refractivity contribution >= 4 is 48.0 Å². The Balaban J connectivity index is 1.32. The van der Waals surface area contributed by atoms with Crippen LogP contribution in [0.15, 0.2) is 12.3 Å². The first kappa shape index (κ1) is 32.6. The molecule has 0 radical (unpaired) electrons. The number of carbonyl (C=O) groups excluding carboxylic acids is 2. The number of anilines is 1. The molecule has 0 amide bonds. The van der Waals surface area contributed by atoms with Crippen LogP contribution in [0.2, 0.25) is 5.28 Å². The van der Waals surface area contributed by atoms with E-state index < -0.39 is 39.5 Å². The molecule has 0 unspecified atom stereocenters. The molecule has 1 N–H and O–H groups in total.